The van der Waals surface area contributed by atoms with Gasteiger partial charge in [-0.3, -0.25) is 4.98 Å². The third-order valence-corrected chi connectivity index (χ3v) is 3.85. The fourth-order valence-corrected chi connectivity index (χ4v) is 2.67. The van der Waals surface area contributed by atoms with Crippen LogP contribution in [0.4, 0.5) is 0 Å². The molecule has 0 saturated heterocycles. The number of nitrogens with zero attached hydrogens (tertiary/aromatic N) is 3. The topological polar surface area (TPSA) is 45.5 Å². The molecule has 3 aromatic heterocycles. The number of benzene rings is 1. The molecule has 0 radical (unpaired) electrons. The SMILES string of the molecule is Cc1ccnc2ccc(-c3nc4c(ccc[n+]4C)[nH]3)cc12. The summed E-state index contributed by atoms with van der Waals surface area (Å²) in [4.78, 5) is 12.5. The number of imidazole rings is 1. The summed E-state index contributed by atoms with van der Waals surface area (Å²) < 4.78 is 2.02. The number of aromatic amines is 1. The normalized spacial score (nSPS) is 11.3. The molecular formula is C17H15N4+. The molecule has 21 heavy (non-hydrogen) atoms. The molecule has 0 atom stereocenters. The second kappa shape index (κ2) is 4.38. The first-order valence-corrected chi connectivity index (χ1v) is 6.92. The zero-order valence-electron chi connectivity index (χ0n) is 12.0. The highest BCUT2D eigenvalue weighted by Crippen LogP contribution is 2.24. The van der Waals surface area contributed by atoms with Gasteiger partial charge in [-0.15, -0.1) is 0 Å². The van der Waals surface area contributed by atoms with E-state index in [9.17, 15) is 0 Å². The molecule has 0 fully saturated rings. The summed E-state index contributed by atoms with van der Waals surface area (Å²) in [5.41, 5.74) is 5.31. The van der Waals surface area contributed by atoms with E-state index < -0.39 is 0 Å². The molecule has 0 amide bonds. The van der Waals surface area contributed by atoms with Gasteiger partial charge in [0.1, 0.15) is 5.52 Å². The largest absolute Gasteiger partial charge is 0.349 e. The molecule has 4 aromatic rings. The lowest BCUT2D eigenvalue weighted by Gasteiger charge is -2.01. The molecule has 3 heterocycles. The quantitative estimate of drug-likeness (QED) is 0.543. The van der Waals surface area contributed by atoms with E-state index in [1.807, 2.05) is 48.3 Å². The Balaban J connectivity index is 1.95. The summed E-state index contributed by atoms with van der Waals surface area (Å²) in [6.07, 6.45) is 3.85. The molecule has 0 unspecified atom stereocenters. The zero-order valence-corrected chi connectivity index (χ0v) is 12.0. The molecule has 0 spiro atoms. The van der Waals surface area contributed by atoms with Crippen molar-refractivity contribution in [2.75, 3.05) is 0 Å². The van der Waals surface area contributed by atoms with Crippen LogP contribution in [0, 0.1) is 6.92 Å². The number of aromatic nitrogens is 4. The summed E-state index contributed by atoms with van der Waals surface area (Å²) >= 11 is 0. The van der Waals surface area contributed by atoms with Crippen LogP contribution in [0.3, 0.4) is 0 Å². The van der Waals surface area contributed by atoms with Gasteiger partial charge in [0.15, 0.2) is 0 Å². The van der Waals surface area contributed by atoms with Crippen molar-refractivity contribution >= 4 is 22.1 Å². The second-order valence-corrected chi connectivity index (χ2v) is 5.30. The van der Waals surface area contributed by atoms with Crippen molar-refractivity contribution in [2.45, 2.75) is 6.92 Å². The second-order valence-electron chi connectivity index (χ2n) is 5.30. The molecule has 0 aliphatic heterocycles. The molecule has 0 aliphatic rings. The predicted octanol–water partition coefficient (Wildman–Crippen LogP) is 2.91. The smallest absolute Gasteiger partial charge is 0.312 e. The van der Waals surface area contributed by atoms with Gasteiger partial charge in [-0.25, -0.2) is 4.57 Å². The van der Waals surface area contributed by atoms with Gasteiger partial charge in [0.05, 0.1) is 18.8 Å². The standard InChI is InChI=1S/C17H14N4/c1-11-7-8-18-14-6-5-12(10-13(11)14)16-19-15-4-3-9-21(2)17(15)20-16/h3-10H,1-2H3/p+1. The van der Waals surface area contributed by atoms with Gasteiger partial charge in [0.2, 0.25) is 0 Å². The van der Waals surface area contributed by atoms with Crippen LogP contribution in [0.5, 0.6) is 0 Å². The maximum absolute atomic E-state index is 4.71. The van der Waals surface area contributed by atoms with Crippen molar-refractivity contribution < 1.29 is 4.57 Å². The Morgan fingerprint density at radius 1 is 1.14 bits per heavy atom. The summed E-state index contributed by atoms with van der Waals surface area (Å²) in [6, 6.07) is 12.3. The van der Waals surface area contributed by atoms with Crippen molar-refractivity contribution in [1.82, 2.24) is 15.0 Å². The molecule has 102 valence electrons. The maximum atomic E-state index is 4.71. The van der Waals surface area contributed by atoms with Crippen LogP contribution < -0.4 is 4.57 Å². The third-order valence-electron chi connectivity index (χ3n) is 3.85. The average molecular weight is 275 g/mol. The van der Waals surface area contributed by atoms with E-state index in [2.05, 4.69) is 29.0 Å². The van der Waals surface area contributed by atoms with Crippen LogP contribution in [0.15, 0.2) is 48.8 Å². The third kappa shape index (κ3) is 1.88. The lowest BCUT2D eigenvalue weighted by molar-refractivity contribution is -0.646. The first-order valence-electron chi connectivity index (χ1n) is 6.92. The molecule has 0 bridgehead atoms. The lowest BCUT2D eigenvalue weighted by Crippen LogP contribution is -2.28. The van der Waals surface area contributed by atoms with E-state index in [0.29, 0.717) is 0 Å². The summed E-state index contributed by atoms with van der Waals surface area (Å²) in [6.45, 7) is 2.10. The van der Waals surface area contributed by atoms with Crippen LogP contribution in [0.1, 0.15) is 5.56 Å². The van der Waals surface area contributed by atoms with Crippen molar-refractivity contribution in [3.8, 4) is 11.4 Å². The molecule has 4 nitrogen and oxygen atoms in total. The van der Waals surface area contributed by atoms with E-state index in [0.717, 1.165) is 28.1 Å². The highest BCUT2D eigenvalue weighted by Gasteiger charge is 2.15. The zero-order chi connectivity index (χ0) is 14.4. The van der Waals surface area contributed by atoms with E-state index >= 15 is 0 Å². The van der Waals surface area contributed by atoms with Crippen LogP contribution in [0.25, 0.3) is 33.5 Å². The Hall–Kier alpha value is -2.75. The van der Waals surface area contributed by atoms with Gasteiger partial charge >= 0.3 is 5.65 Å². The Morgan fingerprint density at radius 2 is 2.05 bits per heavy atom. The number of nitrogens with one attached hydrogen (secondary N) is 1. The summed E-state index contributed by atoms with van der Waals surface area (Å²) in [5.74, 6) is 0.886. The van der Waals surface area contributed by atoms with E-state index in [1.165, 1.54) is 10.9 Å². The van der Waals surface area contributed by atoms with Gasteiger partial charge in [0.25, 0.3) is 5.82 Å². The van der Waals surface area contributed by atoms with Gasteiger partial charge in [-0.2, -0.15) is 0 Å². The molecule has 4 heteroatoms. The van der Waals surface area contributed by atoms with Crippen LogP contribution in [-0.2, 0) is 7.05 Å². The number of hydrogen-bond acceptors (Lipinski definition) is 2. The van der Waals surface area contributed by atoms with E-state index in [4.69, 9.17) is 4.98 Å². The predicted molar refractivity (Wildman–Crippen MR) is 82.7 cm³/mol. The minimum absolute atomic E-state index is 0.886. The number of aryl methyl sites for hydroxylation is 2. The van der Waals surface area contributed by atoms with Crippen LogP contribution in [0.2, 0.25) is 0 Å². The molecular weight excluding hydrogens is 260 g/mol. The first kappa shape index (κ1) is 12.0. The Morgan fingerprint density at radius 3 is 2.90 bits per heavy atom. The fourth-order valence-electron chi connectivity index (χ4n) is 2.67. The summed E-state index contributed by atoms with van der Waals surface area (Å²) in [5, 5.41) is 1.17. The van der Waals surface area contributed by atoms with Crippen molar-refractivity contribution in [1.29, 1.82) is 0 Å². The highest BCUT2D eigenvalue weighted by atomic mass is 15.1. The van der Waals surface area contributed by atoms with Crippen molar-refractivity contribution in [2.24, 2.45) is 7.05 Å². The van der Waals surface area contributed by atoms with Gasteiger partial charge < -0.3 is 4.98 Å². The van der Waals surface area contributed by atoms with E-state index in [-0.39, 0.29) is 0 Å². The van der Waals surface area contributed by atoms with Crippen molar-refractivity contribution in [3.63, 3.8) is 0 Å². The number of rotatable bonds is 1. The molecule has 0 aliphatic carbocycles. The number of fused-ring (bicyclic) bond motifs is 2. The lowest BCUT2D eigenvalue weighted by atomic mass is 10.1. The summed E-state index contributed by atoms with van der Waals surface area (Å²) in [7, 11) is 2.00. The number of hydrogen-bond donors (Lipinski definition) is 1. The van der Waals surface area contributed by atoms with Crippen LogP contribution >= 0.6 is 0 Å². The Labute approximate surface area is 122 Å². The monoisotopic (exact) mass is 275 g/mol. The van der Waals surface area contributed by atoms with Crippen LogP contribution in [-0.4, -0.2) is 15.0 Å². The Bertz CT molecular complexity index is 969. The minimum atomic E-state index is 0.886. The molecule has 1 N–H and O–H groups in total. The number of pyridine rings is 2. The highest BCUT2D eigenvalue weighted by molar-refractivity contribution is 5.86. The first-order chi connectivity index (χ1) is 10.2. The van der Waals surface area contributed by atoms with Crippen molar-refractivity contribution in [3.05, 3.63) is 54.4 Å². The number of H-pyrrole nitrogens is 1. The molecule has 0 saturated carbocycles. The maximum Gasteiger partial charge on any atom is 0.349 e. The van der Waals surface area contributed by atoms with Gasteiger partial charge in [-0.05, 0) is 53.9 Å². The van der Waals surface area contributed by atoms with Gasteiger partial charge in [-0.1, -0.05) is 0 Å². The Kier molecular flexibility index (Phi) is 2.51. The average Bonchev–Trinajstić information content (AvgIpc) is 2.93. The molecule has 4 rings (SSSR count). The molecule has 1 aromatic carbocycles. The fraction of sp³-hybridized carbons (Fsp3) is 0.118. The van der Waals surface area contributed by atoms with Gasteiger partial charge in [0, 0.05) is 17.1 Å². The van der Waals surface area contributed by atoms with E-state index in [1.54, 1.807) is 0 Å². The minimum Gasteiger partial charge on any atom is -0.312 e.